The van der Waals surface area contributed by atoms with E-state index in [0.29, 0.717) is 22.7 Å². The lowest BCUT2D eigenvalue weighted by molar-refractivity contribution is -0.157. The van der Waals surface area contributed by atoms with Gasteiger partial charge in [0.25, 0.3) is 5.91 Å². The van der Waals surface area contributed by atoms with Gasteiger partial charge in [0.15, 0.2) is 0 Å². The monoisotopic (exact) mass is 424 g/mol. The molecule has 31 heavy (non-hydrogen) atoms. The Morgan fingerprint density at radius 3 is 2.03 bits per heavy atom. The van der Waals surface area contributed by atoms with E-state index in [2.05, 4.69) is 5.32 Å². The highest BCUT2D eigenvalue weighted by Gasteiger charge is 2.31. The van der Waals surface area contributed by atoms with Crippen LogP contribution in [-0.4, -0.2) is 22.2 Å². The van der Waals surface area contributed by atoms with Gasteiger partial charge in [0, 0.05) is 6.42 Å². The second-order valence-electron chi connectivity index (χ2n) is 7.26. The number of benzene rings is 3. The Labute approximate surface area is 177 Å². The summed E-state index contributed by atoms with van der Waals surface area (Å²) in [5.41, 5.74) is 3.04. The third-order valence-corrected chi connectivity index (χ3v) is 5.13. The van der Waals surface area contributed by atoms with Gasteiger partial charge in [-0.3, -0.25) is 10.0 Å². The molecule has 158 valence electrons. The molecule has 0 bridgehead atoms. The Hall–Kier alpha value is -3.58. The van der Waals surface area contributed by atoms with Crippen LogP contribution in [0.2, 0.25) is 0 Å². The third-order valence-electron chi connectivity index (χ3n) is 5.13. The lowest BCUT2D eigenvalue weighted by Gasteiger charge is -2.29. The molecule has 7 heteroatoms. The van der Waals surface area contributed by atoms with E-state index in [9.17, 15) is 23.2 Å². The van der Waals surface area contributed by atoms with Crippen molar-refractivity contribution in [3.05, 3.63) is 102 Å². The van der Waals surface area contributed by atoms with Crippen molar-refractivity contribution in [2.75, 3.05) is 0 Å². The van der Waals surface area contributed by atoms with Crippen LogP contribution >= 0.6 is 0 Å². The van der Waals surface area contributed by atoms with Gasteiger partial charge in [-0.2, -0.15) is 18.2 Å². The van der Waals surface area contributed by atoms with Crippen LogP contribution < -0.4 is 5.32 Å². The van der Waals surface area contributed by atoms with Crippen molar-refractivity contribution >= 4 is 11.6 Å². The summed E-state index contributed by atoms with van der Waals surface area (Å²) in [5.74, 6) is -0.539. The van der Waals surface area contributed by atoms with Gasteiger partial charge < -0.3 is 5.32 Å². The van der Waals surface area contributed by atoms with Gasteiger partial charge in [0.1, 0.15) is 6.04 Å². The number of alkyl halides is 3. The van der Waals surface area contributed by atoms with Gasteiger partial charge in [0.2, 0.25) is 0 Å². The van der Waals surface area contributed by atoms with Crippen molar-refractivity contribution in [3.8, 4) is 11.1 Å². The van der Waals surface area contributed by atoms with Crippen LogP contribution in [0.5, 0.6) is 0 Å². The minimum Gasteiger partial charge on any atom is -0.372 e. The summed E-state index contributed by atoms with van der Waals surface area (Å²) in [4.78, 5) is 12.4. The number of nitrogens with zero attached hydrogens (tertiary/aromatic N) is 1. The topological polar surface area (TPSA) is 52.6 Å². The van der Waals surface area contributed by atoms with Crippen LogP contribution in [0.3, 0.4) is 0 Å². The fraction of sp³-hybridized carbons (Fsp3) is 0.125. The van der Waals surface area contributed by atoms with Gasteiger partial charge in [-0.05, 0) is 34.4 Å². The summed E-state index contributed by atoms with van der Waals surface area (Å²) in [6, 6.07) is 21.4. The first-order chi connectivity index (χ1) is 14.8. The van der Waals surface area contributed by atoms with E-state index in [-0.39, 0.29) is 0 Å². The van der Waals surface area contributed by atoms with Gasteiger partial charge in [0.05, 0.1) is 17.5 Å². The summed E-state index contributed by atoms with van der Waals surface area (Å²) >= 11 is 0. The summed E-state index contributed by atoms with van der Waals surface area (Å²) in [6.07, 6.45) is -2.96. The Bertz CT molecular complexity index is 1090. The number of hydroxylamine groups is 2. The second-order valence-corrected chi connectivity index (χ2v) is 7.26. The zero-order chi connectivity index (χ0) is 22.0. The normalized spacial score (nSPS) is 16.6. The molecule has 0 aromatic heterocycles. The average Bonchev–Trinajstić information content (AvgIpc) is 2.77. The average molecular weight is 424 g/mol. The van der Waals surface area contributed by atoms with Crippen molar-refractivity contribution < 1.29 is 23.2 Å². The third kappa shape index (κ3) is 4.62. The quantitative estimate of drug-likeness (QED) is 0.573. The molecule has 1 heterocycles. The van der Waals surface area contributed by atoms with Gasteiger partial charge >= 0.3 is 6.18 Å². The first-order valence-corrected chi connectivity index (χ1v) is 9.63. The molecule has 4 nitrogen and oxygen atoms in total. The number of nitrogens with one attached hydrogen (secondary N) is 1. The zero-order valence-corrected chi connectivity index (χ0v) is 16.3. The minimum atomic E-state index is -4.43. The molecule has 1 aliphatic rings. The van der Waals surface area contributed by atoms with E-state index in [0.717, 1.165) is 28.8 Å². The Kier molecular flexibility index (Phi) is 5.52. The maximum atomic E-state index is 12.8. The molecule has 0 spiro atoms. The van der Waals surface area contributed by atoms with Crippen LogP contribution in [0.15, 0.2) is 85.1 Å². The largest absolute Gasteiger partial charge is 0.416 e. The molecule has 2 N–H and O–H groups in total. The van der Waals surface area contributed by atoms with Crippen LogP contribution in [-0.2, 0) is 17.4 Å². The highest BCUT2D eigenvalue weighted by molar-refractivity contribution is 5.88. The Morgan fingerprint density at radius 2 is 1.42 bits per heavy atom. The molecule has 1 atom stereocenters. The van der Waals surface area contributed by atoms with E-state index in [1.807, 2.05) is 54.6 Å². The van der Waals surface area contributed by atoms with E-state index in [4.69, 9.17) is 0 Å². The second kappa shape index (κ2) is 8.28. The SMILES string of the molecule is O=C1C(Cc2ccc(-c3ccccc3)cc2)NC(c2ccc(C(F)(F)F)cc2)=CN1O. The Morgan fingerprint density at radius 1 is 0.839 bits per heavy atom. The Balaban J connectivity index is 1.50. The predicted molar refractivity (Wildman–Crippen MR) is 111 cm³/mol. The summed E-state index contributed by atoms with van der Waals surface area (Å²) in [6.45, 7) is 0. The number of amides is 1. The van der Waals surface area contributed by atoms with Crippen LogP contribution in [0.1, 0.15) is 16.7 Å². The number of halogens is 3. The lowest BCUT2D eigenvalue weighted by atomic mass is 9.99. The van der Waals surface area contributed by atoms with E-state index < -0.39 is 23.7 Å². The van der Waals surface area contributed by atoms with Gasteiger partial charge in [-0.25, -0.2) is 0 Å². The molecule has 3 aromatic rings. The number of carbonyl (C=O) groups excluding carboxylic acids is 1. The van der Waals surface area contributed by atoms with Gasteiger partial charge in [-0.15, -0.1) is 0 Å². The van der Waals surface area contributed by atoms with Crippen LogP contribution in [0.25, 0.3) is 16.8 Å². The molecule has 1 unspecified atom stereocenters. The van der Waals surface area contributed by atoms with E-state index in [1.54, 1.807) is 0 Å². The molecule has 3 aromatic carbocycles. The number of rotatable bonds is 4. The molecular formula is C24H19F3N2O2. The molecule has 0 saturated carbocycles. The smallest absolute Gasteiger partial charge is 0.372 e. The lowest BCUT2D eigenvalue weighted by Crippen LogP contribution is -2.48. The van der Waals surface area contributed by atoms with Crippen LogP contribution in [0, 0.1) is 0 Å². The molecule has 1 amide bonds. The summed E-state index contributed by atoms with van der Waals surface area (Å²) in [7, 11) is 0. The van der Waals surface area contributed by atoms with Crippen molar-refractivity contribution in [1.29, 1.82) is 0 Å². The van der Waals surface area contributed by atoms with Crippen molar-refractivity contribution in [2.24, 2.45) is 0 Å². The van der Waals surface area contributed by atoms with E-state index in [1.165, 1.54) is 18.3 Å². The highest BCUT2D eigenvalue weighted by Crippen LogP contribution is 2.30. The summed E-state index contributed by atoms with van der Waals surface area (Å²) < 4.78 is 38.4. The maximum Gasteiger partial charge on any atom is 0.416 e. The number of hydrogen-bond acceptors (Lipinski definition) is 3. The highest BCUT2D eigenvalue weighted by atomic mass is 19.4. The minimum absolute atomic E-state index is 0.308. The fourth-order valence-electron chi connectivity index (χ4n) is 3.47. The summed E-state index contributed by atoms with van der Waals surface area (Å²) in [5, 5.41) is 13.5. The van der Waals surface area contributed by atoms with Crippen molar-refractivity contribution in [1.82, 2.24) is 10.4 Å². The molecule has 0 aliphatic carbocycles. The zero-order valence-electron chi connectivity index (χ0n) is 16.3. The molecule has 0 radical (unpaired) electrons. The van der Waals surface area contributed by atoms with Gasteiger partial charge in [-0.1, -0.05) is 66.7 Å². The predicted octanol–water partition coefficient (Wildman–Crippen LogP) is 5.10. The first-order valence-electron chi connectivity index (χ1n) is 9.63. The molecule has 4 rings (SSSR count). The van der Waals surface area contributed by atoms with Crippen molar-refractivity contribution in [2.45, 2.75) is 18.6 Å². The maximum absolute atomic E-state index is 12.8. The molecular weight excluding hydrogens is 405 g/mol. The van der Waals surface area contributed by atoms with E-state index >= 15 is 0 Å². The number of hydrogen-bond donors (Lipinski definition) is 2. The number of carbonyl (C=O) groups is 1. The molecule has 0 fully saturated rings. The standard InChI is InChI=1S/C24H19F3N2O2/c25-24(26,27)20-12-10-19(11-13-20)22-15-29(31)23(30)21(28-22)14-16-6-8-18(9-7-16)17-4-2-1-3-5-17/h1-13,15,21,28,31H,14H2. The fourth-order valence-corrected chi connectivity index (χ4v) is 3.47. The first kappa shape index (κ1) is 20.7. The molecule has 0 saturated heterocycles. The van der Waals surface area contributed by atoms with Crippen LogP contribution in [0.4, 0.5) is 13.2 Å². The van der Waals surface area contributed by atoms with Crippen molar-refractivity contribution in [3.63, 3.8) is 0 Å². The molecule has 1 aliphatic heterocycles.